The van der Waals surface area contributed by atoms with Crippen molar-refractivity contribution in [3.8, 4) is 0 Å². The lowest BCUT2D eigenvalue weighted by molar-refractivity contribution is -0.147. The van der Waals surface area contributed by atoms with Gasteiger partial charge < -0.3 is 20.1 Å². The molecule has 0 saturated carbocycles. The van der Waals surface area contributed by atoms with E-state index in [1.54, 1.807) is 0 Å². The van der Waals surface area contributed by atoms with Crippen molar-refractivity contribution in [1.29, 1.82) is 0 Å². The second-order valence-electron chi connectivity index (χ2n) is 8.67. The van der Waals surface area contributed by atoms with Gasteiger partial charge in [0.25, 0.3) is 0 Å². The van der Waals surface area contributed by atoms with E-state index in [4.69, 9.17) is 13.8 Å². The van der Waals surface area contributed by atoms with Gasteiger partial charge in [-0.25, -0.2) is 4.57 Å². The van der Waals surface area contributed by atoms with Gasteiger partial charge >= 0.3 is 13.8 Å². The summed E-state index contributed by atoms with van der Waals surface area (Å²) in [7, 11) is -4.38. The Morgan fingerprint density at radius 1 is 0.794 bits per heavy atom. The third-order valence-electron chi connectivity index (χ3n) is 5.29. The van der Waals surface area contributed by atoms with Gasteiger partial charge in [0.1, 0.15) is 12.7 Å². The number of aliphatic hydroxyl groups is 1. The van der Waals surface area contributed by atoms with Gasteiger partial charge in [-0.1, -0.05) is 84.5 Å². The van der Waals surface area contributed by atoms with Crippen LogP contribution in [0.15, 0.2) is 0 Å². The van der Waals surface area contributed by atoms with Crippen molar-refractivity contribution >= 4 is 19.7 Å². The van der Waals surface area contributed by atoms with E-state index in [1.165, 1.54) is 32.1 Å². The Kier molecular flexibility index (Phi) is 21.8. The molecular formula is C24H48NO8P. The summed E-state index contributed by atoms with van der Waals surface area (Å²) in [5.74, 6) is -0.535. The topological polar surface area (TPSA) is 131 Å². The second-order valence-corrected chi connectivity index (χ2v) is 10.1. The molecule has 9 nitrogen and oxygen atoms in total. The average Bonchev–Trinajstić information content (AvgIpc) is 2.81. The van der Waals surface area contributed by atoms with Crippen molar-refractivity contribution in [1.82, 2.24) is 5.32 Å². The number of carbonyl (C=O) groups excluding carboxylic acids is 2. The molecule has 0 aromatic carbocycles. The van der Waals surface area contributed by atoms with Gasteiger partial charge in [0.2, 0.25) is 5.91 Å². The normalized spacial score (nSPS) is 13.9. The first-order chi connectivity index (χ1) is 16.3. The molecule has 34 heavy (non-hydrogen) atoms. The van der Waals surface area contributed by atoms with Crippen LogP contribution in [-0.2, 0) is 27.9 Å². The molecule has 0 bridgehead atoms. The molecule has 0 fully saturated rings. The van der Waals surface area contributed by atoms with Crippen LogP contribution in [0.25, 0.3) is 0 Å². The van der Waals surface area contributed by atoms with Crippen LogP contribution in [0.3, 0.4) is 0 Å². The molecule has 0 spiro atoms. The fraction of sp³-hybridized carbons (Fsp3) is 0.917. The van der Waals surface area contributed by atoms with E-state index in [1.807, 2.05) is 0 Å². The van der Waals surface area contributed by atoms with Crippen LogP contribution in [0.5, 0.6) is 0 Å². The minimum Gasteiger partial charge on any atom is -0.463 e. The molecule has 1 amide bonds. The van der Waals surface area contributed by atoms with Crippen LogP contribution >= 0.6 is 7.82 Å². The number of carbonyl (C=O) groups is 2. The number of nitrogens with one attached hydrogen (secondary N) is 1. The molecule has 0 radical (unpaired) electrons. The van der Waals surface area contributed by atoms with Gasteiger partial charge in [-0.15, -0.1) is 0 Å². The summed E-state index contributed by atoms with van der Waals surface area (Å²) in [5, 5.41) is 12.4. The van der Waals surface area contributed by atoms with E-state index in [0.717, 1.165) is 51.4 Å². The Morgan fingerprint density at radius 2 is 1.32 bits per heavy atom. The van der Waals surface area contributed by atoms with Crippen molar-refractivity contribution in [3.05, 3.63) is 0 Å². The zero-order chi connectivity index (χ0) is 25.5. The number of hydrogen-bond donors (Lipinski definition) is 3. The lowest BCUT2D eigenvalue weighted by Gasteiger charge is -2.15. The maximum atomic E-state index is 11.8. The van der Waals surface area contributed by atoms with Crippen molar-refractivity contribution in [3.63, 3.8) is 0 Å². The molecule has 0 saturated heterocycles. The summed E-state index contributed by atoms with van der Waals surface area (Å²) in [6.45, 7) is 3.37. The van der Waals surface area contributed by atoms with E-state index in [-0.39, 0.29) is 32.1 Å². The summed E-state index contributed by atoms with van der Waals surface area (Å²) in [6, 6.07) is 0. The minimum atomic E-state index is -4.38. The number of esters is 1. The number of hydrogen-bond acceptors (Lipinski definition) is 7. The fourth-order valence-corrected chi connectivity index (χ4v) is 4.02. The van der Waals surface area contributed by atoms with Crippen molar-refractivity contribution < 1.29 is 37.9 Å². The number of amides is 1. The van der Waals surface area contributed by atoms with Crippen molar-refractivity contribution in [2.75, 3.05) is 26.4 Å². The van der Waals surface area contributed by atoms with Crippen molar-refractivity contribution in [2.45, 2.75) is 116 Å². The Labute approximate surface area is 205 Å². The molecule has 202 valence electrons. The first-order valence-electron chi connectivity index (χ1n) is 13.0. The Morgan fingerprint density at radius 3 is 1.91 bits per heavy atom. The van der Waals surface area contributed by atoms with Crippen LogP contribution in [0.4, 0.5) is 0 Å². The number of phosphoric acid groups is 1. The Bertz CT molecular complexity index is 561. The monoisotopic (exact) mass is 509 g/mol. The maximum absolute atomic E-state index is 11.8. The number of ether oxygens (including phenoxy) is 1. The van der Waals surface area contributed by atoms with Crippen LogP contribution in [0, 0.1) is 0 Å². The highest BCUT2D eigenvalue weighted by Gasteiger charge is 2.23. The van der Waals surface area contributed by atoms with Crippen LogP contribution in [0.2, 0.25) is 0 Å². The Hall–Kier alpha value is -0.990. The molecule has 2 unspecified atom stereocenters. The van der Waals surface area contributed by atoms with Gasteiger partial charge in [0.05, 0.1) is 13.2 Å². The van der Waals surface area contributed by atoms with Crippen molar-refractivity contribution in [2.24, 2.45) is 0 Å². The highest BCUT2D eigenvalue weighted by atomic mass is 31.2. The lowest BCUT2D eigenvalue weighted by atomic mass is 10.1. The summed E-state index contributed by atoms with van der Waals surface area (Å²) in [6.07, 6.45) is 13.7. The molecule has 0 aliphatic rings. The first kappa shape index (κ1) is 33.0. The number of aliphatic hydroxyl groups excluding tert-OH is 1. The first-order valence-corrected chi connectivity index (χ1v) is 14.5. The summed E-state index contributed by atoms with van der Waals surface area (Å²) < 4.78 is 26.3. The minimum absolute atomic E-state index is 0.0855. The van der Waals surface area contributed by atoms with Gasteiger partial charge in [-0.3, -0.25) is 18.6 Å². The number of unbranched alkanes of at least 4 members (excludes halogenated alkanes) is 11. The molecule has 0 aromatic heterocycles. The number of phosphoric ester groups is 1. The van der Waals surface area contributed by atoms with Crippen LogP contribution in [-0.4, -0.2) is 54.3 Å². The number of rotatable bonds is 24. The maximum Gasteiger partial charge on any atom is 0.472 e. The van der Waals surface area contributed by atoms with E-state index in [9.17, 15) is 24.2 Å². The van der Waals surface area contributed by atoms with Gasteiger partial charge in [0, 0.05) is 19.4 Å². The average molecular weight is 510 g/mol. The molecule has 3 N–H and O–H groups in total. The second kappa shape index (κ2) is 22.5. The fourth-order valence-electron chi connectivity index (χ4n) is 3.26. The molecule has 0 aliphatic carbocycles. The standard InChI is InChI=1S/C24H48NO8P/c1-3-5-7-9-10-11-13-14-16-23(27)25-18-19-32-34(29,30)33-21-22(26)20-31-24(28)17-15-12-8-6-4-2/h22,26H,3-21H2,1-2H3,(H,25,27)(H,29,30). The zero-order valence-electron chi connectivity index (χ0n) is 21.3. The predicted octanol–water partition coefficient (Wildman–Crippen LogP) is 5.03. The van der Waals surface area contributed by atoms with Crippen LogP contribution < -0.4 is 5.32 Å². The molecular weight excluding hydrogens is 461 g/mol. The molecule has 0 aromatic rings. The quantitative estimate of drug-likeness (QED) is 0.0938. The van der Waals surface area contributed by atoms with E-state index in [2.05, 4.69) is 19.2 Å². The molecule has 2 atom stereocenters. The van der Waals surface area contributed by atoms with E-state index in [0.29, 0.717) is 6.42 Å². The van der Waals surface area contributed by atoms with Gasteiger partial charge in [-0.05, 0) is 12.8 Å². The summed E-state index contributed by atoms with van der Waals surface area (Å²) in [4.78, 5) is 33.1. The zero-order valence-corrected chi connectivity index (χ0v) is 22.2. The largest absolute Gasteiger partial charge is 0.472 e. The highest BCUT2D eigenvalue weighted by molar-refractivity contribution is 7.47. The Balaban J connectivity index is 3.71. The van der Waals surface area contributed by atoms with Gasteiger partial charge in [0.15, 0.2) is 0 Å². The third-order valence-corrected chi connectivity index (χ3v) is 6.27. The summed E-state index contributed by atoms with van der Waals surface area (Å²) >= 11 is 0. The molecule has 0 heterocycles. The van der Waals surface area contributed by atoms with E-state index < -0.39 is 26.5 Å². The van der Waals surface area contributed by atoms with Crippen LogP contribution in [0.1, 0.15) is 110 Å². The molecule has 0 aliphatic heterocycles. The highest BCUT2D eigenvalue weighted by Crippen LogP contribution is 2.42. The smallest absolute Gasteiger partial charge is 0.463 e. The SMILES string of the molecule is CCCCCCCCCCC(=O)NCCOP(=O)(O)OCC(O)COC(=O)CCCCCCC. The summed E-state index contributed by atoms with van der Waals surface area (Å²) in [5.41, 5.74) is 0. The third kappa shape index (κ3) is 22.8. The van der Waals surface area contributed by atoms with E-state index >= 15 is 0 Å². The van der Waals surface area contributed by atoms with Gasteiger partial charge in [-0.2, -0.15) is 0 Å². The predicted molar refractivity (Wildman–Crippen MR) is 132 cm³/mol. The molecule has 0 rings (SSSR count). The lowest BCUT2D eigenvalue weighted by Crippen LogP contribution is -2.27. The molecule has 10 heteroatoms.